The molecule has 3 nitrogen and oxygen atoms in total. The predicted octanol–water partition coefficient (Wildman–Crippen LogP) is 6.99. The third-order valence-electron chi connectivity index (χ3n) is 11.1. The zero-order valence-electron chi connectivity index (χ0n) is 22.6. The van der Waals surface area contributed by atoms with Crippen LogP contribution in [0.3, 0.4) is 0 Å². The van der Waals surface area contributed by atoms with Gasteiger partial charge in [0.05, 0.1) is 6.10 Å². The Hall–Kier alpha value is -0.830. The number of fused-ring (bicyclic) bond motifs is 5. The lowest BCUT2D eigenvalue weighted by Crippen LogP contribution is -2.50. The first-order chi connectivity index (χ1) is 15.5. The number of aliphatic hydroxyl groups is 1. The maximum Gasteiger partial charge on any atom is 0.223 e. The molecule has 4 rings (SSSR count). The number of hydrogen-bond donors (Lipinski definition) is 1. The number of allylic oxidation sites excluding steroid dienone is 1. The largest absolute Gasteiger partial charge is 0.393 e. The lowest BCUT2D eigenvalue weighted by Gasteiger charge is -2.58. The van der Waals surface area contributed by atoms with Crippen LogP contribution in [0.4, 0.5) is 0 Å². The fraction of sp³-hybridized carbons (Fsp3) is 0.900. The summed E-state index contributed by atoms with van der Waals surface area (Å²) in [5, 5.41) is 10.3. The van der Waals surface area contributed by atoms with E-state index in [0.29, 0.717) is 29.1 Å². The van der Waals surface area contributed by atoms with E-state index in [4.69, 9.17) is 0 Å². The summed E-state index contributed by atoms with van der Waals surface area (Å²) in [4.78, 5) is 15.1. The van der Waals surface area contributed by atoms with E-state index in [1.807, 2.05) is 0 Å². The van der Waals surface area contributed by atoms with E-state index in [-0.39, 0.29) is 18.2 Å². The summed E-state index contributed by atoms with van der Waals surface area (Å²) in [5.74, 6) is 4.19. The Morgan fingerprint density at radius 1 is 1.03 bits per heavy atom. The van der Waals surface area contributed by atoms with Gasteiger partial charge in [-0.2, -0.15) is 0 Å². The van der Waals surface area contributed by atoms with Gasteiger partial charge < -0.3 is 10.0 Å². The summed E-state index contributed by atoms with van der Waals surface area (Å²) in [6, 6.07) is 0.561. The first-order valence-electron chi connectivity index (χ1n) is 14.2. The molecule has 0 heterocycles. The lowest BCUT2D eigenvalue weighted by molar-refractivity contribution is -0.135. The van der Waals surface area contributed by atoms with Crippen molar-refractivity contribution in [2.24, 2.45) is 40.4 Å². The summed E-state index contributed by atoms with van der Waals surface area (Å²) in [5.41, 5.74) is 2.35. The SMILES string of the molecule is CC(C)N(C(=O)CC[C@@H](C)[C@H]1CC[C@H]2[C@@H]3CC=C4CC(O)CC[C@]4(C)[C@H]3CC[C@]12C)C(C)C. The number of carbonyl (C=O) groups is 1. The highest BCUT2D eigenvalue weighted by Crippen LogP contribution is 2.67. The Balaban J connectivity index is 1.44. The molecular formula is C30H51NO2. The molecule has 0 aromatic rings. The number of amides is 1. The van der Waals surface area contributed by atoms with Gasteiger partial charge in [0, 0.05) is 18.5 Å². The monoisotopic (exact) mass is 457 g/mol. The molecule has 0 spiro atoms. The van der Waals surface area contributed by atoms with E-state index in [2.05, 4.69) is 59.4 Å². The van der Waals surface area contributed by atoms with Gasteiger partial charge in [-0.3, -0.25) is 4.79 Å². The van der Waals surface area contributed by atoms with Gasteiger partial charge in [0.2, 0.25) is 5.91 Å². The molecule has 3 heteroatoms. The zero-order valence-corrected chi connectivity index (χ0v) is 22.6. The highest BCUT2D eigenvalue weighted by Gasteiger charge is 2.59. The molecule has 1 N–H and O–H groups in total. The van der Waals surface area contributed by atoms with Crippen molar-refractivity contribution in [2.75, 3.05) is 0 Å². The molecule has 4 aliphatic rings. The Labute approximate surface area is 203 Å². The standard InChI is InChI=1S/C30H51NO2/c1-19(2)31(20(3)4)28(33)13-8-21(5)25-11-12-26-24-10-9-22-18-23(32)14-16-29(22,6)27(24)15-17-30(25,26)7/h9,19-21,23-27,32H,8,10-18H2,1-7H3/t21-,23?,24+,25-,26+,27+,29+,30-/m1/s1. The normalized spacial score (nSPS) is 41.3. The number of nitrogens with zero attached hydrogens (tertiary/aromatic N) is 1. The van der Waals surface area contributed by atoms with Crippen LogP contribution in [-0.4, -0.2) is 34.1 Å². The van der Waals surface area contributed by atoms with Crippen LogP contribution in [0.25, 0.3) is 0 Å². The topological polar surface area (TPSA) is 40.5 Å². The summed E-state index contributed by atoms with van der Waals surface area (Å²) in [6.07, 6.45) is 13.9. The van der Waals surface area contributed by atoms with Crippen LogP contribution in [0.1, 0.15) is 113 Å². The third kappa shape index (κ3) is 4.34. The lowest BCUT2D eigenvalue weighted by atomic mass is 9.47. The van der Waals surface area contributed by atoms with Crippen LogP contribution in [0, 0.1) is 40.4 Å². The molecule has 0 bridgehead atoms. The molecule has 0 aliphatic heterocycles. The average molecular weight is 458 g/mol. The zero-order chi connectivity index (χ0) is 24.1. The Morgan fingerprint density at radius 3 is 2.39 bits per heavy atom. The minimum Gasteiger partial charge on any atom is -0.393 e. The molecule has 33 heavy (non-hydrogen) atoms. The van der Waals surface area contributed by atoms with Gasteiger partial charge in [-0.05, 0) is 126 Å². The molecule has 0 aromatic carbocycles. The summed E-state index contributed by atoms with van der Waals surface area (Å²) < 4.78 is 0. The van der Waals surface area contributed by atoms with Crippen LogP contribution < -0.4 is 0 Å². The van der Waals surface area contributed by atoms with Gasteiger partial charge in [0.1, 0.15) is 0 Å². The predicted molar refractivity (Wildman–Crippen MR) is 137 cm³/mol. The molecule has 0 aromatic heterocycles. The minimum absolute atomic E-state index is 0.114. The summed E-state index contributed by atoms with van der Waals surface area (Å²) in [7, 11) is 0. The van der Waals surface area contributed by atoms with Gasteiger partial charge in [-0.15, -0.1) is 0 Å². The van der Waals surface area contributed by atoms with E-state index < -0.39 is 0 Å². The first kappa shape index (κ1) is 25.3. The quantitative estimate of drug-likeness (QED) is 0.437. The molecule has 1 unspecified atom stereocenters. The molecule has 8 atom stereocenters. The maximum absolute atomic E-state index is 13.0. The van der Waals surface area contributed by atoms with Gasteiger partial charge in [-0.25, -0.2) is 0 Å². The number of aliphatic hydroxyl groups excluding tert-OH is 1. The maximum atomic E-state index is 13.0. The Morgan fingerprint density at radius 2 is 1.73 bits per heavy atom. The van der Waals surface area contributed by atoms with E-state index in [0.717, 1.165) is 42.9 Å². The van der Waals surface area contributed by atoms with E-state index in [9.17, 15) is 9.90 Å². The van der Waals surface area contributed by atoms with Crippen molar-refractivity contribution in [3.8, 4) is 0 Å². The van der Waals surface area contributed by atoms with Crippen molar-refractivity contribution in [3.63, 3.8) is 0 Å². The number of rotatable bonds is 6. The highest BCUT2D eigenvalue weighted by molar-refractivity contribution is 5.76. The van der Waals surface area contributed by atoms with E-state index >= 15 is 0 Å². The van der Waals surface area contributed by atoms with Crippen molar-refractivity contribution < 1.29 is 9.90 Å². The second kappa shape index (κ2) is 9.32. The number of hydrogen-bond acceptors (Lipinski definition) is 2. The van der Waals surface area contributed by atoms with Crippen molar-refractivity contribution in [3.05, 3.63) is 11.6 Å². The smallest absolute Gasteiger partial charge is 0.223 e. The summed E-state index contributed by atoms with van der Waals surface area (Å²) in [6.45, 7) is 16.1. The third-order valence-corrected chi connectivity index (χ3v) is 11.1. The molecule has 0 saturated heterocycles. The van der Waals surface area contributed by atoms with Crippen LogP contribution in [0.15, 0.2) is 11.6 Å². The molecule has 0 radical (unpaired) electrons. The number of carbonyl (C=O) groups excluding carboxylic acids is 1. The summed E-state index contributed by atoms with van der Waals surface area (Å²) >= 11 is 0. The molecule has 3 saturated carbocycles. The fourth-order valence-corrected chi connectivity index (χ4v) is 9.47. The molecule has 188 valence electrons. The van der Waals surface area contributed by atoms with Crippen LogP contribution in [0.5, 0.6) is 0 Å². The highest BCUT2D eigenvalue weighted by atomic mass is 16.3. The Bertz CT molecular complexity index is 748. The van der Waals surface area contributed by atoms with Gasteiger partial charge in [-0.1, -0.05) is 32.4 Å². The minimum atomic E-state index is -0.114. The molecular weight excluding hydrogens is 406 g/mol. The molecule has 1 amide bonds. The van der Waals surface area contributed by atoms with E-state index in [1.165, 1.54) is 38.5 Å². The van der Waals surface area contributed by atoms with Crippen LogP contribution in [-0.2, 0) is 4.79 Å². The van der Waals surface area contributed by atoms with Gasteiger partial charge in [0.25, 0.3) is 0 Å². The van der Waals surface area contributed by atoms with Crippen molar-refractivity contribution in [2.45, 2.75) is 131 Å². The van der Waals surface area contributed by atoms with Crippen molar-refractivity contribution in [1.82, 2.24) is 4.90 Å². The second-order valence-electron chi connectivity index (χ2n) is 13.4. The van der Waals surface area contributed by atoms with Gasteiger partial charge >= 0.3 is 0 Å². The Kier molecular flexibility index (Phi) is 7.14. The second-order valence-corrected chi connectivity index (χ2v) is 13.4. The van der Waals surface area contributed by atoms with Crippen LogP contribution in [0.2, 0.25) is 0 Å². The molecule has 3 fully saturated rings. The van der Waals surface area contributed by atoms with Crippen molar-refractivity contribution >= 4 is 5.91 Å². The van der Waals surface area contributed by atoms with E-state index in [1.54, 1.807) is 5.57 Å². The first-order valence-corrected chi connectivity index (χ1v) is 14.2. The van der Waals surface area contributed by atoms with Crippen molar-refractivity contribution in [1.29, 1.82) is 0 Å². The van der Waals surface area contributed by atoms with Gasteiger partial charge in [0.15, 0.2) is 0 Å². The molecule has 4 aliphatic carbocycles. The fourth-order valence-electron chi connectivity index (χ4n) is 9.47. The van der Waals surface area contributed by atoms with Crippen LogP contribution >= 0.6 is 0 Å². The average Bonchev–Trinajstić information content (AvgIpc) is 3.09.